The Morgan fingerprint density at radius 2 is 1.92 bits per heavy atom. The first kappa shape index (κ1) is 23.6. The molecule has 0 aliphatic heterocycles. The fraction of sp³-hybridized carbons (Fsp3) is 0.588. The molecule has 1 amide bonds. The number of guanidine groups is 1. The highest BCUT2D eigenvalue weighted by molar-refractivity contribution is 14.0. The van der Waals surface area contributed by atoms with Gasteiger partial charge >= 0.3 is 0 Å². The number of nitrogens with one attached hydrogen (secondary N) is 3. The molecule has 3 N–H and O–H groups in total. The summed E-state index contributed by atoms with van der Waals surface area (Å²) in [7, 11) is 1.71. The van der Waals surface area contributed by atoms with Crippen LogP contribution in [-0.4, -0.2) is 56.7 Å². The van der Waals surface area contributed by atoms with Crippen molar-refractivity contribution < 1.29 is 9.53 Å². The van der Waals surface area contributed by atoms with Crippen LogP contribution in [0.4, 0.5) is 0 Å². The number of carbonyl (C=O) groups is 1. The Bertz CT molecular complexity index is 497. The third-order valence-corrected chi connectivity index (χ3v) is 3.23. The molecule has 8 heteroatoms. The van der Waals surface area contributed by atoms with E-state index in [1.807, 2.05) is 0 Å². The van der Waals surface area contributed by atoms with Crippen LogP contribution in [0.2, 0.25) is 0 Å². The molecule has 7 nitrogen and oxygen atoms in total. The first-order valence-corrected chi connectivity index (χ1v) is 8.34. The number of hydrogen-bond donors (Lipinski definition) is 3. The molecule has 0 aliphatic carbocycles. The number of ether oxygens (including phenoxy) is 1. The molecule has 25 heavy (non-hydrogen) atoms. The highest BCUT2D eigenvalue weighted by Gasteiger charge is 2.04. The minimum Gasteiger partial charge on any atom is -0.380 e. The summed E-state index contributed by atoms with van der Waals surface area (Å²) >= 11 is 0. The van der Waals surface area contributed by atoms with Gasteiger partial charge in [0.2, 0.25) is 0 Å². The Morgan fingerprint density at radius 1 is 1.20 bits per heavy atom. The van der Waals surface area contributed by atoms with E-state index >= 15 is 0 Å². The third-order valence-electron chi connectivity index (χ3n) is 3.23. The maximum absolute atomic E-state index is 11.8. The summed E-state index contributed by atoms with van der Waals surface area (Å²) in [5.74, 6) is 1.22. The van der Waals surface area contributed by atoms with Crippen LogP contribution in [0.1, 0.15) is 30.6 Å². The van der Waals surface area contributed by atoms with Crippen molar-refractivity contribution in [2.75, 3.05) is 39.9 Å². The minimum atomic E-state index is -0.133. The first-order chi connectivity index (χ1) is 11.6. The molecular formula is C17H30IN5O2. The quantitative estimate of drug-likeness (QED) is 0.213. The number of amides is 1. The van der Waals surface area contributed by atoms with Crippen molar-refractivity contribution in [1.29, 1.82) is 0 Å². The molecule has 1 aromatic heterocycles. The van der Waals surface area contributed by atoms with Crippen molar-refractivity contribution in [1.82, 2.24) is 20.9 Å². The lowest BCUT2D eigenvalue weighted by atomic mass is 10.1. The number of aliphatic imine (C=N–C) groups is 1. The lowest BCUT2D eigenvalue weighted by Gasteiger charge is -2.13. The molecule has 0 bridgehead atoms. The smallest absolute Gasteiger partial charge is 0.252 e. The molecular weight excluding hydrogens is 433 g/mol. The molecule has 0 unspecified atom stereocenters. The maximum Gasteiger partial charge on any atom is 0.252 e. The Morgan fingerprint density at radius 3 is 2.56 bits per heavy atom. The minimum absolute atomic E-state index is 0. The van der Waals surface area contributed by atoms with Crippen molar-refractivity contribution >= 4 is 35.8 Å². The van der Waals surface area contributed by atoms with Crippen LogP contribution in [-0.2, 0) is 4.74 Å². The summed E-state index contributed by atoms with van der Waals surface area (Å²) in [6.45, 7) is 7.57. The molecule has 0 radical (unpaired) electrons. The third kappa shape index (κ3) is 11.7. The van der Waals surface area contributed by atoms with E-state index in [4.69, 9.17) is 4.74 Å². The summed E-state index contributed by atoms with van der Waals surface area (Å²) < 4.78 is 5.54. The van der Waals surface area contributed by atoms with Crippen LogP contribution < -0.4 is 16.0 Å². The van der Waals surface area contributed by atoms with Gasteiger partial charge in [-0.15, -0.1) is 24.0 Å². The largest absolute Gasteiger partial charge is 0.380 e. The van der Waals surface area contributed by atoms with Crippen LogP contribution in [0.3, 0.4) is 0 Å². The summed E-state index contributed by atoms with van der Waals surface area (Å²) in [5.41, 5.74) is 0.554. The van der Waals surface area contributed by atoms with Crippen molar-refractivity contribution in [3.05, 3.63) is 30.1 Å². The van der Waals surface area contributed by atoms with Gasteiger partial charge in [0.05, 0.1) is 12.2 Å². The molecule has 0 spiro atoms. The van der Waals surface area contributed by atoms with E-state index in [1.54, 1.807) is 31.6 Å². The Hall–Kier alpha value is -1.42. The average molecular weight is 463 g/mol. The second-order valence-corrected chi connectivity index (χ2v) is 5.72. The van der Waals surface area contributed by atoms with Gasteiger partial charge in [0.1, 0.15) is 0 Å². The zero-order valence-electron chi connectivity index (χ0n) is 15.2. The molecule has 0 atom stereocenters. The summed E-state index contributed by atoms with van der Waals surface area (Å²) in [5, 5.41) is 9.13. The van der Waals surface area contributed by atoms with Crippen LogP contribution in [0.25, 0.3) is 0 Å². The van der Waals surface area contributed by atoms with Crippen LogP contribution in [0.5, 0.6) is 0 Å². The number of halogens is 1. The topological polar surface area (TPSA) is 87.6 Å². The molecule has 0 saturated carbocycles. The number of hydrogen-bond acceptors (Lipinski definition) is 4. The highest BCUT2D eigenvalue weighted by atomic mass is 127. The van der Waals surface area contributed by atoms with E-state index in [2.05, 4.69) is 39.8 Å². The predicted molar refractivity (Wildman–Crippen MR) is 112 cm³/mol. The zero-order chi connectivity index (χ0) is 17.6. The molecule has 1 aromatic rings. The van der Waals surface area contributed by atoms with Gasteiger partial charge in [-0.1, -0.05) is 13.8 Å². The zero-order valence-corrected chi connectivity index (χ0v) is 17.6. The van der Waals surface area contributed by atoms with Crippen LogP contribution in [0, 0.1) is 5.92 Å². The van der Waals surface area contributed by atoms with Crippen LogP contribution in [0.15, 0.2) is 29.5 Å². The Labute approximate surface area is 167 Å². The van der Waals surface area contributed by atoms with Gasteiger partial charge in [0.15, 0.2) is 5.96 Å². The summed E-state index contributed by atoms with van der Waals surface area (Å²) in [6, 6.07) is 3.47. The lowest BCUT2D eigenvalue weighted by molar-refractivity contribution is 0.0954. The van der Waals surface area contributed by atoms with Gasteiger partial charge in [-0.05, 0) is 24.5 Å². The molecule has 0 aromatic carbocycles. The molecule has 1 rings (SSSR count). The number of rotatable bonds is 10. The molecule has 0 fully saturated rings. The van der Waals surface area contributed by atoms with Gasteiger partial charge in [-0.25, -0.2) is 0 Å². The van der Waals surface area contributed by atoms with E-state index in [-0.39, 0.29) is 29.9 Å². The second kappa shape index (κ2) is 14.9. The van der Waals surface area contributed by atoms with Crippen molar-refractivity contribution in [3.8, 4) is 0 Å². The predicted octanol–water partition coefficient (Wildman–Crippen LogP) is 1.66. The summed E-state index contributed by atoms with van der Waals surface area (Å²) in [4.78, 5) is 19.9. The molecule has 0 aliphatic rings. The van der Waals surface area contributed by atoms with E-state index < -0.39 is 0 Å². The van der Waals surface area contributed by atoms with E-state index in [1.165, 1.54) is 0 Å². The Kier molecular flexibility index (Phi) is 14.0. The van der Waals surface area contributed by atoms with E-state index in [0.29, 0.717) is 43.7 Å². The van der Waals surface area contributed by atoms with E-state index in [9.17, 15) is 4.79 Å². The van der Waals surface area contributed by atoms with Crippen molar-refractivity contribution in [2.24, 2.45) is 10.9 Å². The van der Waals surface area contributed by atoms with Gasteiger partial charge in [-0.2, -0.15) is 0 Å². The lowest BCUT2D eigenvalue weighted by Crippen LogP contribution is -2.42. The number of aromatic nitrogens is 1. The van der Waals surface area contributed by atoms with Gasteiger partial charge in [0.25, 0.3) is 5.91 Å². The average Bonchev–Trinajstić information content (AvgIpc) is 2.60. The van der Waals surface area contributed by atoms with Gasteiger partial charge in [-0.3, -0.25) is 14.8 Å². The Balaban J connectivity index is 0.00000576. The van der Waals surface area contributed by atoms with Gasteiger partial charge in [0, 0.05) is 45.7 Å². The number of pyridine rings is 1. The van der Waals surface area contributed by atoms with Gasteiger partial charge < -0.3 is 20.7 Å². The van der Waals surface area contributed by atoms with Crippen molar-refractivity contribution in [3.63, 3.8) is 0 Å². The second-order valence-electron chi connectivity index (χ2n) is 5.72. The monoisotopic (exact) mass is 463 g/mol. The standard InChI is InChI=1S/C17H29N5O2.HI/c1-14(2)6-11-24-12-10-22-17(18-3)21-9-8-20-16(23)15-5-4-7-19-13-15;/h4-5,7,13-14H,6,8-12H2,1-3H3,(H,20,23)(H2,18,21,22);1H. The first-order valence-electron chi connectivity index (χ1n) is 8.34. The van der Waals surface area contributed by atoms with Crippen LogP contribution >= 0.6 is 24.0 Å². The number of nitrogens with zero attached hydrogens (tertiary/aromatic N) is 2. The van der Waals surface area contributed by atoms with Crippen molar-refractivity contribution in [2.45, 2.75) is 20.3 Å². The fourth-order valence-electron chi connectivity index (χ4n) is 1.84. The van der Waals surface area contributed by atoms with E-state index in [0.717, 1.165) is 13.0 Å². The molecule has 1 heterocycles. The highest BCUT2D eigenvalue weighted by Crippen LogP contribution is 1.98. The molecule has 142 valence electrons. The molecule has 0 saturated heterocycles. The maximum atomic E-state index is 11.8. The number of carbonyl (C=O) groups excluding carboxylic acids is 1. The SMILES string of the molecule is CN=C(NCCNC(=O)c1cccnc1)NCCOCCC(C)C.I. The fourth-order valence-corrected chi connectivity index (χ4v) is 1.84. The summed E-state index contributed by atoms with van der Waals surface area (Å²) in [6.07, 6.45) is 4.26. The normalized spacial score (nSPS) is 11.0.